The monoisotopic (exact) mass is 391 g/mol. The number of rotatable bonds is 10. The third kappa shape index (κ3) is 13.7. The summed E-state index contributed by atoms with van der Waals surface area (Å²) in [4.78, 5) is 11.5. The molecule has 1 N–H and O–H groups in total. The third-order valence-corrected chi connectivity index (χ3v) is 4.41. The van der Waals surface area contributed by atoms with Gasteiger partial charge in [-0.1, -0.05) is 61.6 Å². The lowest BCUT2D eigenvalue weighted by atomic mass is 10.3. The van der Waals surface area contributed by atoms with E-state index in [4.69, 9.17) is 4.74 Å². The van der Waals surface area contributed by atoms with Crippen LogP contribution in [0.2, 0.25) is 0 Å². The van der Waals surface area contributed by atoms with Crippen molar-refractivity contribution in [3.8, 4) is 0 Å². The minimum atomic E-state index is 0.0742. The van der Waals surface area contributed by atoms with Crippen molar-refractivity contribution in [1.82, 2.24) is 5.32 Å². The van der Waals surface area contributed by atoms with Crippen LogP contribution in [0.1, 0.15) is 19.8 Å². The van der Waals surface area contributed by atoms with Crippen LogP contribution in [-0.4, -0.2) is 35.8 Å². The molecule has 26 heavy (non-hydrogen) atoms. The van der Waals surface area contributed by atoms with Gasteiger partial charge in [0.1, 0.15) is 5.76 Å². The Morgan fingerprint density at radius 2 is 1.73 bits per heavy atom. The predicted molar refractivity (Wildman–Crippen MR) is 118 cm³/mol. The molecule has 0 aromatic carbocycles. The van der Waals surface area contributed by atoms with Crippen molar-refractivity contribution in [2.24, 2.45) is 0 Å². The summed E-state index contributed by atoms with van der Waals surface area (Å²) >= 11 is 6.04. The summed E-state index contributed by atoms with van der Waals surface area (Å²) in [6.45, 7) is 3.31. The Hall–Kier alpha value is -1.59. The quantitative estimate of drug-likeness (QED) is 0.421. The predicted octanol–water partition coefficient (Wildman–Crippen LogP) is 4.63. The second kappa shape index (κ2) is 15.6. The van der Waals surface area contributed by atoms with Crippen LogP contribution in [0.5, 0.6) is 0 Å². The third-order valence-electron chi connectivity index (χ3n) is 3.16. The first-order chi connectivity index (χ1) is 12.7. The van der Waals surface area contributed by atoms with Crippen molar-refractivity contribution in [2.45, 2.75) is 25.0 Å². The molecule has 5 heteroatoms. The number of thioether (sulfide) groups is 1. The molecule has 142 valence electrons. The molecule has 1 atom stereocenters. The summed E-state index contributed by atoms with van der Waals surface area (Å²) in [5.41, 5.74) is 0. The van der Waals surface area contributed by atoms with Crippen LogP contribution in [0, 0.1) is 0 Å². The minimum Gasteiger partial charge on any atom is -0.494 e. The molecule has 0 saturated carbocycles. The van der Waals surface area contributed by atoms with Gasteiger partial charge in [0.2, 0.25) is 5.91 Å². The Kier molecular flexibility index (Phi) is 13.5. The van der Waals surface area contributed by atoms with Crippen LogP contribution in [0.15, 0.2) is 72.6 Å². The van der Waals surface area contributed by atoms with Crippen LogP contribution in [-0.2, 0) is 9.53 Å². The van der Waals surface area contributed by atoms with E-state index in [1.165, 1.54) is 0 Å². The summed E-state index contributed by atoms with van der Waals surface area (Å²) in [5, 5.41) is 3.02. The molecule has 1 aliphatic rings. The number of hydrogen-bond acceptors (Lipinski definition) is 4. The molecule has 1 rings (SSSR count). The molecule has 1 amide bonds. The topological polar surface area (TPSA) is 38.3 Å². The fourth-order valence-electron chi connectivity index (χ4n) is 1.96. The number of amides is 1. The van der Waals surface area contributed by atoms with Crippen molar-refractivity contribution < 1.29 is 9.53 Å². The fraction of sp³-hybridized carbons (Fsp3) is 0.381. The van der Waals surface area contributed by atoms with E-state index in [-0.39, 0.29) is 11.2 Å². The first-order valence-electron chi connectivity index (χ1n) is 8.89. The molecule has 0 fully saturated rings. The summed E-state index contributed by atoms with van der Waals surface area (Å²) < 4.78 is 5.83. The van der Waals surface area contributed by atoms with E-state index >= 15 is 0 Å². The van der Waals surface area contributed by atoms with Crippen molar-refractivity contribution >= 4 is 30.3 Å². The standard InChI is InChI=1S/C21H29NO2S2/c1-19(25)18-21(23)22-14-17-26-16-11-15-24-20-12-9-7-5-3-2-4-6-8-10-13-20/h2-10,12-13,19,25H,11,14-18H2,1H3,(H,22,23)/b3-2-,4-2?,5-3?,6-4-,7-5-,8-6?,9-7?,10-8-,12-9?,13-10?,20-12?,20-13?. The van der Waals surface area contributed by atoms with Gasteiger partial charge in [0.05, 0.1) is 6.61 Å². The van der Waals surface area contributed by atoms with E-state index in [1.807, 2.05) is 85.5 Å². The van der Waals surface area contributed by atoms with Gasteiger partial charge in [0.15, 0.2) is 0 Å². The van der Waals surface area contributed by atoms with E-state index in [9.17, 15) is 4.79 Å². The zero-order valence-electron chi connectivity index (χ0n) is 15.3. The Labute approximate surface area is 167 Å². The number of nitrogens with one attached hydrogen (secondary N) is 1. The van der Waals surface area contributed by atoms with Gasteiger partial charge in [0, 0.05) is 24.0 Å². The van der Waals surface area contributed by atoms with Crippen LogP contribution in [0.25, 0.3) is 0 Å². The largest absolute Gasteiger partial charge is 0.494 e. The first-order valence-corrected chi connectivity index (χ1v) is 10.6. The molecular weight excluding hydrogens is 362 g/mol. The highest BCUT2D eigenvalue weighted by atomic mass is 32.2. The van der Waals surface area contributed by atoms with Gasteiger partial charge in [-0.2, -0.15) is 24.4 Å². The van der Waals surface area contributed by atoms with E-state index in [0.717, 1.165) is 23.7 Å². The molecule has 0 aromatic rings. The zero-order valence-corrected chi connectivity index (χ0v) is 17.1. The number of allylic oxidation sites excluding steroid dienone is 11. The van der Waals surface area contributed by atoms with Crippen LogP contribution in [0.3, 0.4) is 0 Å². The van der Waals surface area contributed by atoms with Gasteiger partial charge in [-0.3, -0.25) is 4.79 Å². The van der Waals surface area contributed by atoms with E-state index in [0.29, 0.717) is 19.6 Å². The molecule has 0 aliphatic heterocycles. The van der Waals surface area contributed by atoms with Crippen molar-refractivity contribution in [3.63, 3.8) is 0 Å². The highest BCUT2D eigenvalue weighted by Crippen LogP contribution is 2.06. The lowest BCUT2D eigenvalue weighted by Gasteiger charge is -2.08. The van der Waals surface area contributed by atoms with E-state index in [2.05, 4.69) is 17.9 Å². The van der Waals surface area contributed by atoms with Crippen LogP contribution < -0.4 is 5.32 Å². The molecule has 0 heterocycles. The number of thiol groups is 1. The van der Waals surface area contributed by atoms with Gasteiger partial charge >= 0.3 is 0 Å². The molecular formula is C21H29NO2S2. The smallest absolute Gasteiger partial charge is 0.221 e. The Bertz CT molecular complexity index is 573. The Morgan fingerprint density at radius 3 is 2.42 bits per heavy atom. The number of carbonyl (C=O) groups excluding carboxylic acids is 1. The summed E-state index contributed by atoms with van der Waals surface area (Å²) in [7, 11) is 0. The van der Waals surface area contributed by atoms with Crippen LogP contribution in [0.4, 0.5) is 0 Å². The van der Waals surface area contributed by atoms with Gasteiger partial charge in [-0.25, -0.2) is 0 Å². The Morgan fingerprint density at radius 1 is 1.08 bits per heavy atom. The average Bonchev–Trinajstić information content (AvgIpc) is 2.58. The maximum absolute atomic E-state index is 11.5. The number of ether oxygens (including phenoxy) is 1. The molecule has 1 unspecified atom stereocenters. The van der Waals surface area contributed by atoms with Crippen LogP contribution >= 0.6 is 24.4 Å². The van der Waals surface area contributed by atoms with Gasteiger partial charge in [-0.05, 0) is 24.3 Å². The average molecular weight is 392 g/mol. The highest BCUT2D eigenvalue weighted by Gasteiger charge is 2.03. The molecule has 0 bridgehead atoms. The lowest BCUT2D eigenvalue weighted by Crippen LogP contribution is -2.27. The second-order valence-corrected chi connectivity index (χ2v) is 7.79. The number of hydrogen-bond donors (Lipinski definition) is 2. The fourth-order valence-corrected chi connectivity index (χ4v) is 2.90. The zero-order chi connectivity index (χ0) is 18.9. The van der Waals surface area contributed by atoms with Crippen molar-refractivity contribution in [3.05, 3.63) is 72.6 Å². The van der Waals surface area contributed by atoms with Crippen molar-refractivity contribution in [2.75, 3.05) is 24.7 Å². The molecule has 1 aliphatic carbocycles. The Balaban J connectivity index is 2.16. The normalized spacial score (nSPS) is 20.0. The lowest BCUT2D eigenvalue weighted by molar-refractivity contribution is -0.120. The molecule has 0 aromatic heterocycles. The summed E-state index contributed by atoms with van der Waals surface area (Å²) in [6, 6.07) is 0. The minimum absolute atomic E-state index is 0.0742. The maximum Gasteiger partial charge on any atom is 0.221 e. The summed E-state index contributed by atoms with van der Waals surface area (Å²) in [5.74, 6) is 2.86. The van der Waals surface area contributed by atoms with E-state index < -0.39 is 0 Å². The molecule has 0 spiro atoms. The maximum atomic E-state index is 11.5. The molecule has 3 nitrogen and oxygen atoms in total. The van der Waals surface area contributed by atoms with Gasteiger partial charge < -0.3 is 10.1 Å². The van der Waals surface area contributed by atoms with Gasteiger partial charge in [-0.15, -0.1) is 0 Å². The first kappa shape index (κ1) is 22.5. The van der Waals surface area contributed by atoms with Crippen molar-refractivity contribution in [1.29, 1.82) is 0 Å². The van der Waals surface area contributed by atoms with Gasteiger partial charge in [0.25, 0.3) is 0 Å². The van der Waals surface area contributed by atoms with E-state index in [1.54, 1.807) is 0 Å². The molecule has 0 radical (unpaired) electrons. The molecule has 0 saturated heterocycles. The second-order valence-electron chi connectivity index (χ2n) is 5.69. The summed E-state index contributed by atoms with van der Waals surface area (Å²) in [6.07, 6.45) is 23.2. The number of carbonyl (C=O) groups is 1. The SMILES string of the molecule is CC(S)CC(=O)NCCSCCCOC1=C\C=C/C=C\C=C/C=C\C=C1. The highest BCUT2D eigenvalue weighted by molar-refractivity contribution is 7.99.